The van der Waals surface area contributed by atoms with E-state index in [1.807, 2.05) is 24.3 Å². The predicted molar refractivity (Wildman–Crippen MR) is 175 cm³/mol. The Morgan fingerprint density at radius 2 is 1.68 bits per heavy atom. The molecule has 228 valence electrons. The van der Waals surface area contributed by atoms with Crippen LogP contribution in [0.3, 0.4) is 0 Å². The van der Waals surface area contributed by atoms with Crippen molar-refractivity contribution >= 4 is 68.9 Å². The highest BCUT2D eigenvalue weighted by Gasteiger charge is 2.48. The van der Waals surface area contributed by atoms with Gasteiger partial charge >= 0.3 is 5.91 Å². The summed E-state index contributed by atoms with van der Waals surface area (Å²) in [5.41, 5.74) is 1.83. The van der Waals surface area contributed by atoms with Gasteiger partial charge in [0.25, 0.3) is 5.78 Å². The fourth-order valence-electron chi connectivity index (χ4n) is 4.57. The molecule has 1 aliphatic rings. The maximum Gasteiger partial charge on any atom is 0.301 e. The summed E-state index contributed by atoms with van der Waals surface area (Å²) < 4.78 is 12.2. The molecule has 0 spiro atoms. The molecule has 0 bridgehead atoms. The number of aliphatic hydroxyl groups is 1. The summed E-state index contributed by atoms with van der Waals surface area (Å²) >= 11 is 14.7. The molecule has 0 radical (unpaired) electrons. The third-order valence-corrected chi connectivity index (χ3v) is 9.53. The second-order valence-electron chi connectivity index (χ2n) is 10.4. The highest BCUT2D eigenvalue weighted by atomic mass is 35.5. The number of carbonyl (C=O) groups is 2. The third-order valence-electron chi connectivity index (χ3n) is 6.90. The van der Waals surface area contributed by atoms with Crippen LogP contribution in [-0.2, 0) is 15.3 Å². The molecule has 1 saturated heterocycles. The number of aromatic nitrogens is 2. The minimum atomic E-state index is -1.01. The summed E-state index contributed by atoms with van der Waals surface area (Å²) in [6.07, 6.45) is 0.863. The summed E-state index contributed by atoms with van der Waals surface area (Å²) in [6.45, 7) is 4.73. The van der Waals surface area contributed by atoms with Gasteiger partial charge in [-0.2, -0.15) is 0 Å². The Bertz CT molecular complexity index is 1690. The molecule has 44 heavy (non-hydrogen) atoms. The highest BCUT2D eigenvalue weighted by Crippen LogP contribution is 2.45. The number of halogens is 2. The number of anilines is 1. The van der Waals surface area contributed by atoms with Crippen molar-refractivity contribution in [3.8, 4) is 11.5 Å². The second kappa shape index (κ2) is 14.0. The number of aliphatic hydroxyl groups excluding tert-OH is 1. The van der Waals surface area contributed by atoms with Gasteiger partial charge in [-0.1, -0.05) is 78.3 Å². The molecule has 4 aromatic rings. The van der Waals surface area contributed by atoms with Gasteiger partial charge in [-0.25, -0.2) is 0 Å². The second-order valence-corrected chi connectivity index (χ2v) is 13.4. The number of carbonyl (C=O) groups excluding carboxylic acids is 2. The number of methoxy groups -OCH3 is 1. The number of nitrogens with zero attached hydrogens (tertiary/aromatic N) is 3. The fourth-order valence-corrected chi connectivity index (χ4v) is 6.65. The van der Waals surface area contributed by atoms with Crippen LogP contribution in [0, 0.1) is 5.92 Å². The molecule has 1 N–H and O–H groups in total. The Balaban J connectivity index is 1.54. The molecule has 1 unspecified atom stereocenters. The van der Waals surface area contributed by atoms with Crippen molar-refractivity contribution in [1.82, 2.24) is 10.2 Å². The number of ether oxygens (including phenoxy) is 2. The Morgan fingerprint density at radius 3 is 2.34 bits per heavy atom. The van der Waals surface area contributed by atoms with E-state index in [2.05, 4.69) is 24.0 Å². The highest BCUT2D eigenvalue weighted by molar-refractivity contribution is 8.00. The average Bonchev–Trinajstić information content (AvgIpc) is 3.58. The molecule has 1 aliphatic heterocycles. The monoisotopic (exact) mass is 669 g/mol. The Labute approximate surface area is 273 Å². The molecule has 2 heterocycles. The molecule has 1 fully saturated rings. The lowest BCUT2D eigenvalue weighted by Gasteiger charge is -2.23. The first-order chi connectivity index (χ1) is 21.2. The normalized spacial score (nSPS) is 16.1. The van der Waals surface area contributed by atoms with E-state index in [1.54, 1.807) is 42.5 Å². The molecule has 5 rings (SSSR count). The summed E-state index contributed by atoms with van der Waals surface area (Å²) in [4.78, 5) is 28.5. The van der Waals surface area contributed by atoms with Crippen LogP contribution >= 0.6 is 46.3 Å². The van der Waals surface area contributed by atoms with Crippen LogP contribution in [0.15, 0.2) is 76.6 Å². The molecule has 1 amide bonds. The van der Waals surface area contributed by atoms with Crippen LogP contribution in [-0.4, -0.2) is 40.7 Å². The maximum absolute atomic E-state index is 13.6. The summed E-state index contributed by atoms with van der Waals surface area (Å²) in [6, 6.07) is 18.1. The predicted octanol–water partition coefficient (Wildman–Crippen LogP) is 8.20. The first-order valence-electron chi connectivity index (χ1n) is 13.7. The van der Waals surface area contributed by atoms with E-state index in [4.69, 9.17) is 32.7 Å². The number of Topliss-reactive ketones (excluding diaryl/α,β-unsaturated/α-hetero) is 1. The van der Waals surface area contributed by atoms with E-state index in [1.165, 1.54) is 35.1 Å². The lowest BCUT2D eigenvalue weighted by Crippen LogP contribution is -2.29. The van der Waals surface area contributed by atoms with Crippen molar-refractivity contribution in [2.45, 2.75) is 36.4 Å². The average molecular weight is 671 g/mol. The fraction of sp³-hybridized carbons (Fsp3) is 0.250. The zero-order valence-electron chi connectivity index (χ0n) is 24.1. The standard InChI is InChI=1S/C32H29Cl2N3O5S2/c1-18(2)14-15-42-24-13-8-21(16-25(24)41-3)27-26(28(38)20-6-11-23(34)12-7-20)29(39)30(40)37(27)31-35-36-32(44-31)43-17-19-4-9-22(33)10-5-19/h4-13,16,18,27,38H,14-15,17H2,1-3H3/b28-26-. The van der Waals surface area contributed by atoms with Gasteiger partial charge < -0.3 is 14.6 Å². The maximum atomic E-state index is 13.6. The van der Waals surface area contributed by atoms with Gasteiger partial charge in [0.2, 0.25) is 5.13 Å². The van der Waals surface area contributed by atoms with Crippen molar-refractivity contribution in [3.63, 3.8) is 0 Å². The molecule has 1 atom stereocenters. The molecule has 0 aliphatic carbocycles. The topological polar surface area (TPSA) is 102 Å². The van der Waals surface area contributed by atoms with Gasteiger partial charge in [0.15, 0.2) is 15.8 Å². The van der Waals surface area contributed by atoms with Gasteiger partial charge in [-0.3, -0.25) is 14.5 Å². The summed E-state index contributed by atoms with van der Waals surface area (Å²) in [5.74, 6) is 0.0410. The van der Waals surface area contributed by atoms with Gasteiger partial charge in [-0.05, 0) is 72.0 Å². The van der Waals surface area contributed by atoms with E-state index < -0.39 is 17.7 Å². The number of rotatable bonds is 11. The number of hydrogen-bond donors (Lipinski definition) is 1. The Kier molecular flexibility index (Phi) is 10.2. The van der Waals surface area contributed by atoms with E-state index in [-0.39, 0.29) is 16.5 Å². The molecular weight excluding hydrogens is 641 g/mol. The first-order valence-corrected chi connectivity index (χ1v) is 16.3. The van der Waals surface area contributed by atoms with Crippen LogP contribution < -0.4 is 14.4 Å². The van der Waals surface area contributed by atoms with Crippen molar-refractivity contribution in [1.29, 1.82) is 0 Å². The molecular formula is C32H29Cl2N3O5S2. The largest absolute Gasteiger partial charge is 0.507 e. The van der Waals surface area contributed by atoms with E-state index in [0.29, 0.717) is 55.3 Å². The van der Waals surface area contributed by atoms with Crippen LogP contribution in [0.5, 0.6) is 11.5 Å². The molecule has 8 nitrogen and oxygen atoms in total. The molecule has 3 aromatic carbocycles. The van der Waals surface area contributed by atoms with Gasteiger partial charge in [-0.15, -0.1) is 10.2 Å². The molecule has 0 saturated carbocycles. The zero-order valence-corrected chi connectivity index (χ0v) is 27.3. The van der Waals surface area contributed by atoms with Crippen LogP contribution in [0.25, 0.3) is 5.76 Å². The summed E-state index contributed by atoms with van der Waals surface area (Å²) in [7, 11) is 1.52. The van der Waals surface area contributed by atoms with Crippen LogP contribution in [0.2, 0.25) is 10.0 Å². The zero-order chi connectivity index (χ0) is 31.4. The van der Waals surface area contributed by atoms with Crippen LogP contribution in [0.1, 0.15) is 43.0 Å². The van der Waals surface area contributed by atoms with Crippen molar-refractivity contribution in [2.24, 2.45) is 5.92 Å². The van der Waals surface area contributed by atoms with E-state index in [0.717, 1.165) is 12.0 Å². The molecule has 1 aromatic heterocycles. The lowest BCUT2D eigenvalue weighted by molar-refractivity contribution is -0.132. The lowest BCUT2D eigenvalue weighted by atomic mass is 9.95. The number of benzene rings is 3. The van der Waals surface area contributed by atoms with Crippen molar-refractivity contribution in [3.05, 3.63) is 99.0 Å². The first kappa shape index (κ1) is 31.8. The van der Waals surface area contributed by atoms with Gasteiger partial charge in [0, 0.05) is 21.4 Å². The minimum absolute atomic E-state index is 0.0848. The SMILES string of the molecule is COc1cc(C2/C(=C(/O)c3ccc(Cl)cc3)C(=O)C(=O)N2c2nnc(SCc3ccc(Cl)cc3)s2)ccc1OCCC(C)C. The smallest absolute Gasteiger partial charge is 0.301 e. The molecule has 12 heteroatoms. The number of hydrogen-bond acceptors (Lipinski definition) is 9. The van der Waals surface area contributed by atoms with Crippen LogP contribution in [0.4, 0.5) is 5.13 Å². The van der Waals surface area contributed by atoms with Crippen molar-refractivity contribution in [2.75, 3.05) is 18.6 Å². The van der Waals surface area contributed by atoms with E-state index in [9.17, 15) is 14.7 Å². The number of ketones is 1. The van der Waals surface area contributed by atoms with E-state index >= 15 is 0 Å². The quantitative estimate of drug-likeness (QED) is 0.0561. The third kappa shape index (κ3) is 7.04. The Morgan fingerprint density at radius 1 is 1.00 bits per heavy atom. The number of thioether (sulfide) groups is 1. The van der Waals surface area contributed by atoms with Crippen molar-refractivity contribution < 1.29 is 24.2 Å². The van der Waals surface area contributed by atoms with Gasteiger partial charge in [0.1, 0.15) is 5.76 Å². The Hall–Kier alpha value is -3.57. The minimum Gasteiger partial charge on any atom is -0.507 e. The van der Waals surface area contributed by atoms with Gasteiger partial charge in [0.05, 0.1) is 25.3 Å². The summed E-state index contributed by atoms with van der Waals surface area (Å²) in [5, 5.41) is 21.3. The number of amides is 1.